The number of carbonyl (C=O) groups is 1. The molecule has 0 saturated heterocycles. The highest BCUT2D eigenvalue weighted by Crippen LogP contribution is 2.21. The molecule has 1 aromatic carbocycles. The van der Waals surface area contributed by atoms with Gasteiger partial charge in [-0.2, -0.15) is 0 Å². The Labute approximate surface area is 111 Å². The van der Waals surface area contributed by atoms with E-state index in [9.17, 15) is 4.79 Å². The van der Waals surface area contributed by atoms with Gasteiger partial charge in [-0.25, -0.2) is 0 Å². The molecule has 0 unspecified atom stereocenters. The fourth-order valence-electron chi connectivity index (χ4n) is 1.18. The quantitative estimate of drug-likeness (QED) is 0.621. The summed E-state index contributed by atoms with van der Waals surface area (Å²) in [6.07, 6.45) is 0.667. The van der Waals surface area contributed by atoms with E-state index in [0.717, 1.165) is 5.56 Å². The van der Waals surface area contributed by atoms with Gasteiger partial charge in [-0.15, -0.1) is 0 Å². The summed E-state index contributed by atoms with van der Waals surface area (Å²) >= 11 is 7.16. The van der Waals surface area contributed by atoms with Gasteiger partial charge in [-0.3, -0.25) is 4.79 Å². The maximum Gasteiger partial charge on any atom is 0.185 e. The molecule has 0 saturated carbocycles. The number of halogens is 1. The molecule has 0 amide bonds. The summed E-state index contributed by atoms with van der Waals surface area (Å²) < 4.78 is 5.18. The Morgan fingerprint density at radius 3 is 2.94 bits per heavy atom. The zero-order valence-electron chi connectivity index (χ0n) is 9.75. The first-order valence-corrected chi connectivity index (χ1v) is 6.45. The normalized spacial score (nSPS) is 9.35. The molecule has 0 aliphatic heterocycles. The minimum Gasteiger partial charge on any atom is -0.495 e. The first-order valence-electron chi connectivity index (χ1n) is 5.09. The molecule has 0 spiro atoms. The summed E-state index contributed by atoms with van der Waals surface area (Å²) in [5.74, 6) is 7.41. The third-order valence-corrected chi connectivity index (χ3v) is 2.97. The molecule has 0 aliphatic rings. The maximum absolute atomic E-state index is 10.7. The van der Waals surface area contributed by atoms with Crippen LogP contribution in [0.3, 0.4) is 0 Å². The van der Waals surface area contributed by atoms with Crippen molar-refractivity contribution in [3.63, 3.8) is 0 Å². The van der Waals surface area contributed by atoms with Gasteiger partial charge in [0.2, 0.25) is 0 Å². The standard InChI is InChI=1S/C13H13ClO2S/c1-10(15)17-8-4-3-5-11-9-12(14)6-7-13(11)16-2/h6-7,9H,4,8H2,1-2H3. The molecule has 0 N–H and O–H groups in total. The molecule has 2 nitrogen and oxygen atoms in total. The van der Waals surface area contributed by atoms with Crippen LogP contribution in [0.15, 0.2) is 18.2 Å². The molecule has 0 radical (unpaired) electrons. The van der Waals surface area contributed by atoms with Gasteiger partial charge in [-0.05, 0) is 18.2 Å². The summed E-state index contributed by atoms with van der Waals surface area (Å²) in [7, 11) is 1.60. The Hall–Kier alpha value is -1.11. The number of benzene rings is 1. The number of carbonyl (C=O) groups excluding carboxylic acids is 1. The van der Waals surface area contributed by atoms with Crippen molar-refractivity contribution in [1.82, 2.24) is 0 Å². The van der Waals surface area contributed by atoms with E-state index < -0.39 is 0 Å². The molecular formula is C13H13ClO2S. The van der Waals surface area contributed by atoms with Crippen LogP contribution in [0.4, 0.5) is 0 Å². The van der Waals surface area contributed by atoms with Gasteiger partial charge in [0, 0.05) is 24.1 Å². The zero-order chi connectivity index (χ0) is 12.7. The molecule has 0 atom stereocenters. The van der Waals surface area contributed by atoms with Crippen LogP contribution in [0.1, 0.15) is 18.9 Å². The van der Waals surface area contributed by atoms with Crippen molar-refractivity contribution in [2.75, 3.05) is 12.9 Å². The lowest BCUT2D eigenvalue weighted by Gasteiger charge is -2.02. The molecule has 0 heterocycles. The van der Waals surface area contributed by atoms with Crippen molar-refractivity contribution in [1.29, 1.82) is 0 Å². The van der Waals surface area contributed by atoms with Crippen molar-refractivity contribution >= 4 is 28.5 Å². The largest absolute Gasteiger partial charge is 0.495 e. The summed E-state index contributed by atoms with van der Waals surface area (Å²) in [6.45, 7) is 1.55. The van der Waals surface area contributed by atoms with Gasteiger partial charge in [-0.1, -0.05) is 35.2 Å². The number of ether oxygens (including phenoxy) is 1. The van der Waals surface area contributed by atoms with Crippen molar-refractivity contribution < 1.29 is 9.53 Å². The van der Waals surface area contributed by atoms with Gasteiger partial charge in [0.15, 0.2) is 5.12 Å². The maximum atomic E-state index is 10.7. The van der Waals surface area contributed by atoms with E-state index in [2.05, 4.69) is 11.8 Å². The molecule has 90 valence electrons. The molecule has 0 aromatic heterocycles. The highest BCUT2D eigenvalue weighted by molar-refractivity contribution is 8.13. The Balaban J connectivity index is 2.64. The van der Waals surface area contributed by atoms with E-state index >= 15 is 0 Å². The van der Waals surface area contributed by atoms with E-state index in [1.165, 1.54) is 11.8 Å². The first kappa shape index (κ1) is 14.0. The van der Waals surface area contributed by atoms with Gasteiger partial charge >= 0.3 is 0 Å². The van der Waals surface area contributed by atoms with Crippen LogP contribution in [0.2, 0.25) is 5.02 Å². The summed E-state index contributed by atoms with van der Waals surface area (Å²) in [4.78, 5) is 10.7. The van der Waals surface area contributed by atoms with Crippen LogP contribution >= 0.6 is 23.4 Å². The Kier molecular flexibility index (Phi) is 5.96. The van der Waals surface area contributed by atoms with Gasteiger partial charge < -0.3 is 4.74 Å². The fourth-order valence-corrected chi connectivity index (χ4v) is 1.85. The molecular weight excluding hydrogens is 256 g/mol. The third kappa shape index (κ3) is 5.16. The zero-order valence-corrected chi connectivity index (χ0v) is 11.3. The molecule has 0 fully saturated rings. The van der Waals surface area contributed by atoms with E-state index in [4.69, 9.17) is 16.3 Å². The average molecular weight is 269 g/mol. The lowest BCUT2D eigenvalue weighted by molar-refractivity contribution is -0.109. The topological polar surface area (TPSA) is 26.3 Å². The monoisotopic (exact) mass is 268 g/mol. The Morgan fingerprint density at radius 1 is 1.53 bits per heavy atom. The van der Waals surface area contributed by atoms with Crippen molar-refractivity contribution in [2.24, 2.45) is 0 Å². The van der Waals surface area contributed by atoms with Crippen LogP contribution in [0.25, 0.3) is 0 Å². The van der Waals surface area contributed by atoms with E-state index in [1.807, 2.05) is 0 Å². The molecule has 17 heavy (non-hydrogen) atoms. The van der Waals surface area contributed by atoms with Crippen LogP contribution in [0.5, 0.6) is 5.75 Å². The molecule has 4 heteroatoms. The second-order valence-corrected chi connectivity index (χ2v) is 4.94. The van der Waals surface area contributed by atoms with Crippen molar-refractivity contribution in [2.45, 2.75) is 13.3 Å². The number of rotatable bonds is 3. The van der Waals surface area contributed by atoms with Gasteiger partial charge in [0.25, 0.3) is 0 Å². The summed E-state index contributed by atoms with van der Waals surface area (Å²) in [6, 6.07) is 5.32. The minimum absolute atomic E-state index is 0.118. The van der Waals surface area contributed by atoms with Crippen LogP contribution in [-0.2, 0) is 4.79 Å². The Morgan fingerprint density at radius 2 is 2.29 bits per heavy atom. The summed E-state index contributed by atoms with van der Waals surface area (Å²) in [5.41, 5.74) is 0.771. The van der Waals surface area contributed by atoms with Crippen LogP contribution < -0.4 is 4.74 Å². The smallest absolute Gasteiger partial charge is 0.185 e. The fraction of sp³-hybridized carbons (Fsp3) is 0.308. The molecule has 0 bridgehead atoms. The number of hydrogen-bond acceptors (Lipinski definition) is 3. The van der Waals surface area contributed by atoms with Crippen LogP contribution in [-0.4, -0.2) is 18.0 Å². The van der Waals surface area contributed by atoms with Crippen LogP contribution in [0, 0.1) is 11.8 Å². The predicted molar refractivity (Wildman–Crippen MR) is 72.6 cm³/mol. The second kappa shape index (κ2) is 7.26. The average Bonchev–Trinajstić information content (AvgIpc) is 2.28. The minimum atomic E-state index is 0.118. The predicted octanol–water partition coefficient (Wildman–Crippen LogP) is 3.37. The van der Waals surface area contributed by atoms with Gasteiger partial charge in [0.05, 0.1) is 12.7 Å². The highest BCUT2D eigenvalue weighted by atomic mass is 35.5. The van der Waals surface area contributed by atoms with Crippen molar-refractivity contribution in [3.05, 3.63) is 28.8 Å². The summed E-state index contributed by atoms with van der Waals surface area (Å²) in [5, 5.41) is 0.750. The highest BCUT2D eigenvalue weighted by Gasteiger charge is 2.00. The number of thioether (sulfide) groups is 1. The number of methoxy groups -OCH3 is 1. The third-order valence-electron chi connectivity index (χ3n) is 1.92. The molecule has 1 rings (SSSR count). The molecule has 1 aromatic rings. The molecule has 0 aliphatic carbocycles. The lowest BCUT2D eigenvalue weighted by atomic mass is 10.2. The van der Waals surface area contributed by atoms with E-state index in [1.54, 1.807) is 32.2 Å². The number of hydrogen-bond donors (Lipinski definition) is 0. The van der Waals surface area contributed by atoms with E-state index in [0.29, 0.717) is 22.9 Å². The second-order valence-electron chi connectivity index (χ2n) is 3.24. The lowest BCUT2D eigenvalue weighted by Crippen LogP contribution is -1.88. The Bertz CT molecular complexity index is 460. The first-order chi connectivity index (χ1) is 8.13. The SMILES string of the molecule is COc1ccc(Cl)cc1C#CCCSC(C)=O. The van der Waals surface area contributed by atoms with Gasteiger partial charge in [0.1, 0.15) is 5.75 Å². The van der Waals surface area contributed by atoms with E-state index in [-0.39, 0.29) is 5.12 Å². The van der Waals surface area contributed by atoms with Crippen molar-refractivity contribution in [3.8, 4) is 17.6 Å².